The van der Waals surface area contributed by atoms with Gasteiger partial charge in [-0.25, -0.2) is 21.6 Å². The second-order valence-electron chi connectivity index (χ2n) is 6.93. The Labute approximate surface area is 192 Å². The van der Waals surface area contributed by atoms with E-state index in [-0.39, 0.29) is 21.0 Å². The molecule has 0 amide bonds. The van der Waals surface area contributed by atoms with E-state index in [9.17, 15) is 21.6 Å². The lowest BCUT2D eigenvalue weighted by atomic mass is 10.2. The number of aryl methyl sites for hydroxylation is 1. The van der Waals surface area contributed by atoms with Crippen LogP contribution in [-0.4, -0.2) is 37.0 Å². The Morgan fingerprint density at radius 3 is 1.91 bits per heavy atom. The van der Waals surface area contributed by atoms with Crippen molar-refractivity contribution in [1.82, 2.24) is 0 Å². The summed E-state index contributed by atoms with van der Waals surface area (Å²) in [5.74, 6) is -0.0189. The van der Waals surface area contributed by atoms with Crippen molar-refractivity contribution in [1.29, 1.82) is 0 Å². The molecular formula is C22H22N2O7S2. The topological polar surface area (TPSA) is 128 Å². The fraction of sp³-hybridized carbons (Fsp3) is 0.136. The van der Waals surface area contributed by atoms with Crippen molar-refractivity contribution in [2.45, 2.75) is 16.7 Å². The van der Waals surface area contributed by atoms with Gasteiger partial charge < -0.3 is 9.47 Å². The Morgan fingerprint density at radius 1 is 0.758 bits per heavy atom. The Hall–Kier alpha value is -3.57. The van der Waals surface area contributed by atoms with Crippen LogP contribution in [0.5, 0.6) is 5.75 Å². The van der Waals surface area contributed by atoms with Gasteiger partial charge >= 0.3 is 5.97 Å². The van der Waals surface area contributed by atoms with Crippen LogP contribution in [-0.2, 0) is 24.8 Å². The van der Waals surface area contributed by atoms with Crippen molar-refractivity contribution >= 4 is 37.4 Å². The summed E-state index contributed by atoms with van der Waals surface area (Å²) in [7, 11) is -5.31. The fourth-order valence-electron chi connectivity index (χ4n) is 2.84. The molecule has 11 heteroatoms. The van der Waals surface area contributed by atoms with Crippen LogP contribution in [0.2, 0.25) is 0 Å². The highest BCUT2D eigenvalue weighted by Crippen LogP contribution is 2.26. The molecule has 174 valence electrons. The van der Waals surface area contributed by atoms with E-state index in [1.807, 2.05) is 0 Å². The number of carbonyl (C=O) groups is 1. The van der Waals surface area contributed by atoms with Gasteiger partial charge in [-0.05, 0) is 73.2 Å². The molecule has 0 fully saturated rings. The average Bonchev–Trinajstić information content (AvgIpc) is 2.80. The number of anilines is 2. The van der Waals surface area contributed by atoms with E-state index in [1.165, 1.54) is 56.7 Å². The highest BCUT2D eigenvalue weighted by molar-refractivity contribution is 7.93. The number of rotatable bonds is 8. The van der Waals surface area contributed by atoms with Crippen molar-refractivity contribution in [3.8, 4) is 5.75 Å². The molecule has 0 atom stereocenters. The molecule has 0 saturated heterocycles. The molecule has 0 unspecified atom stereocenters. The van der Waals surface area contributed by atoms with Crippen molar-refractivity contribution in [3.63, 3.8) is 0 Å². The highest BCUT2D eigenvalue weighted by atomic mass is 32.2. The maximum Gasteiger partial charge on any atom is 0.337 e. The molecule has 2 N–H and O–H groups in total. The predicted octanol–water partition coefficient (Wildman–Crippen LogP) is 3.39. The molecule has 0 heterocycles. The van der Waals surface area contributed by atoms with Gasteiger partial charge in [0.15, 0.2) is 0 Å². The maximum atomic E-state index is 12.8. The summed E-state index contributed by atoms with van der Waals surface area (Å²) in [6.45, 7) is 1.64. The standard InChI is InChI=1S/C22H22N2O7S2/c1-15-4-11-20(33(28,29)23-17-7-9-18(30-2)10-8-17)14-21(15)24-32(26,27)19-12-5-16(6-13-19)22(25)31-3/h4-14,23-24H,1-3H3. The molecule has 0 aliphatic rings. The Balaban J connectivity index is 1.86. The van der Waals surface area contributed by atoms with Gasteiger partial charge in [-0.1, -0.05) is 6.07 Å². The summed E-state index contributed by atoms with van der Waals surface area (Å²) >= 11 is 0. The normalized spacial score (nSPS) is 11.5. The molecule has 0 aromatic heterocycles. The van der Waals surface area contributed by atoms with E-state index in [4.69, 9.17) is 4.74 Å². The average molecular weight is 491 g/mol. The van der Waals surface area contributed by atoms with E-state index in [0.29, 0.717) is 17.0 Å². The summed E-state index contributed by atoms with van der Waals surface area (Å²) < 4.78 is 65.8. The van der Waals surface area contributed by atoms with Crippen LogP contribution < -0.4 is 14.2 Å². The quantitative estimate of drug-likeness (QED) is 0.463. The van der Waals surface area contributed by atoms with Crippen molar-refractivity contribution in [2.75, 3.05) is 23.7 Å². The Bertz CT molecular complexity index is 1370. The number of hydrogen-bond donors (Lipinski definition) is 2. The van der Waals surface area contributed by atoms with E-state index >= 15 is 0 Å². The zero-order valence-electron chi connectivity index (χ0n) is 18.0. The summed E-state index contributed by atoms with van der Waals surface area (Å²) in [5, 5.41) is 0. The number of esters is 1. The zero-order chi connectivity index (χ0) is 24.2. The van der Waals surface area contributed by atoms with Gasteiger partial charge in [0.1, 0.15) is 5.75 Å². The lowest BCUT2D eigenvalue weighted by molar-refractivity contribution is 0.0600. The van der Waals surface area contributed by atoms with Crippen LogP contribution in [0.1, 0.15) is 15.9 Å². The minimum atomic E-state index is -4.05. The molecule has 3 rings (SSSR count). The van der Waals surface area contributed by atoms with E-state index in [2.05, 4.69) is 14.2 Å². The smallest absolute Gasteiger partial charge is 0.337 e. The second kappa shape index (κ2) is 9.51. The van der Waals surface area contributed by atoms with Crippen LogP contribution in [0.25, 0.3) is 0 Å². The lowest BCUT2D eigenvalue weighted by Crippen LogP contribution is -2.16. The highest BCUT2D eigenvalue weighted by Gasteiger charge is 2.20. The molecular weight excluding hydrogens is 468 g/mol. The van der Waals surface area contributed by atoms with Crippen molar-refractivity contribution in [2.24, 2.45) is 0 Å². The summed E-state index contributed by atoms with van der Waals surface area (Å²) in [5.41, 5.74) is 1.15. The number of hydrogen-bond acceptors (Lipinski definition) is 7. The zero-order valence-corrected chi connectivity index (χ0v) is 19.7. The SMILES string of the molecule is COC(=O)c1ccc(S(=O)(=O)Nc2cc(S(=O)(=O)Nc3ccc(OC)cc3)ccc2C)cc1. The number of benzene rings is 3. The predicted molar refractivity (Wildman–Crippen MR) is 124 cm³/mol. The third kappa shape index (κ3) is 5.62. The van der Waals surface area contributed by atoms with Crippen molar-refractivity contribution in [3.05, 3.63) is 77.9 Å². The molecule has 0 aliphatic heterocycles. The van der Waals surface area contributed by atoms with E-state index in [1.54, 1.807) is 31.2 Å². The molecule has 0 radical (unpaired) electrons. The van der Waals surface area contributed by atoms with Gasteiger partial charge in [0, 0.05) is 5.69 Å². The van der Waals surface area contributed by atoms with Gasteiger partial charge in [0.25, 0.3) is 20.0 Å². The Morgan fingerprint density at radius 2 is 1.33 bits per heavy atom. The number of sulfonamides is 2. The molecule has 3 aromatic carbocycles. The van der Waals surface area contributed by atoms with Gasteiger partial charge in [-0.15, -0.1) is 0 Å². The molecule has 33 heavy (non-hydrogen) atoms. The first-order valence-electron chi connectivity index (χ1n) is 9.54. The van der Waals surface area contributed by atoms with Crippen LogP contribution in [0.3, 0.4) is 0 Å². The number of nitrogens with one attached hydrogen (secondary N) is 2. The Kier molecular flexibility index (Phi) is 6.94. The lowest BCUT2D eigenvalue weighted by Gasteiger charge is -2.14. The summed E-state index contributed by atoms with van der Waals surface area (Å²) in [6, 6.07) is 15.6. The maximum absolute atomic E-state index is 12.8. The van der Waals surface area contributed by atoms with Crippen LogP contribution >= 0.6 is 0 Å². The molecule has 0 aliphatic carbocycles. The largest absolute Gasteiger partial charge is 0.497 e. The first kappa shape index (κ1) is 24.1. The van der Waals surface area contributed by atoms with Crippen molar-refractivity contribution < 1.29 is 31.1 Å². The van der Waals surface area contributed by atoms with Gasteiger partial charge in [-0.2, -0.15) is 0 Å². The molecule has 9 nitrogen and oxygen atoms in total. The molecule has 0 bridgehead atoms. The minimum absolute atomic E-state index is 0.0980. The monoisotopic (exact) mass is 490 g/mol. The minimum Gasteiger partial charge on any atom is -0.497 e. The first-order valence-corrected chi connectivity index (χ1v) is 12.5. The third-order valence-electron chi connectivity index (χ3n) is 4.69. The summed E-state index contributed by atoms with van der Waals surface area (Å²) in [6.07, 6.45) is 0. The van der Waals surface area contributed by atoms with Gasteiger partial charge in [-0.3, -0.25) is 9.44 Å². The van der Waals surface area contributed by atoms with Gasteiger partial charge in [0.05, 0.1) is 35.3 Å². The fourth-order valence-corrected chi connectivity index (χ4v) is 5.05. The molecule has 0 spiro atoms. The van der Waals surface area contributed by atoms with E-state index in [0.717, 1.165) is 0 Å². The third-order valence-corrected chi connectivity index (χ3v) is 7.45. The van der Waals surface area contributed by atoms with Gasteiger partial charge in [0.2, 0.25) is 0 Å². The number of ether oxygens (including phenoxy) is 2. The van der Waals surface area contributed by atoms with Crippen LogP contribution in [0.15, 0.2) is 76.5 Å². The number of methoxy groups -OCH3 is 2. The van der Waals surface area contributed by atoms with E-state index < -0.39 is 26.0 Å². The number of carbonyl (C=O) groups excluding carboxylic acids is 1. The second-order valence-corrected chi connectivity index (χ2v) is 10.3. The molecule has 3 aromatic rings. The van der Waals surface area contributed by atoms with Crippen LogP contribution in [0, 0.1) is 6.92 Å². The molecule has 0 saturated carbocycles. The van der Waals surface area contributed by atoms with Crippen LogP contribution in [0.4, 0.5) is 11.4 Å². The summed E-state index contributed by atoms with van der Waals surface area (Å²) in [4.78, 5) is 11.3. The first-order chi connectivity index (χ1) is 15.6.